The molecule has 5 rings (SSSR count). The average molecular weight is 457 g/mol. The van der Waals surface area contributed by atoms with Gasteiger partial charge in [0, 0.05) is 23.8 Å². The van der Waals surface area contributed by atoms with Crippen LogP contribution in [0.4, 0.5) is 0 Å². The van der Waals surface area contributed by atoms with E-state index in [1.165, 1.54) is 22.4 Å². The third-order valence-corrected chi connectivity index (χ3v) is 6.62. The zero-order chi connectivity index (χ0) is 22.9. The number of Topliss-reactive ketones (excluding diaryl/α,β-unsaturated/α-hetero) is 1. The predicted molar refractivity (Wildman–Crippen MR) is 125 cm³/mol. The molecule has 4 heterocycles. The van der Waals surface area contributed by atoms with E-state index < -0.39 is 17.7 Å². The van der Waals surface area contributed by atoms with Gasteiger partial charge in [-0.25, -0.2) is 4.68 Å². The SMILES string of the molecule is Cc1c(/C(O)=C2\C(=O)C(=O)N(Cc3cccnc3)C2c2cccs2)cnn1-c1ccccc1. The normalized spacial score (nSPS) is 17.6. The molecule has 0 radical (unpaired) electrons. The lowest BCUT2D eigenvalue weighted by molar-refractivity contribution is -0.140. The second kappa shape index (κ2) is 8.48. The van der Waals surface area contributed by atoms with E-state index in [-0.39, 0.29) is 17.9 Å². The summed E-state index contributed by atoms with van der Waals surface area (Å²) >= 11 is 1.43. The second-order valence-corrected chi connectivity index (χ2v) is 8.67. The van der Waals surface area contributed by atoms with Crippen LogP contribution in [-0.2, 0) is 16.1 Å². The highest BCUT2D eigenvalue weighted by molar-refractivity contribution is 7.10. The van der Waals surface area contributed by atoms with Crippen LogP contribution in [0.25, 0.3) is 11.4 Å². The minimum Gasteiger partial charge on any atom is -0.507 e. The summed E-state index contributed by atoms with van der Waals surface area (Å²) in [5.74, 6) is -1.58. The smallest absolute Gasteiger partial charge is 0.295 e. The Morgan fingerprint density at radius 1 is 1.06 bits per heavy atom. The quantitative estimate of drug-likeness (QED) is 0.275. The number of ketones is 1. The van der Waals surface area contributed by atoms with Crippen molar-refractivity contribution in [2.24, 2.45) is 0 Å². The first-order valence-electron chi connectivity index (χ1n) is 10.4. The Morgan fingerprint density at radius 2 is 1.88 bits per heavy atom. The maximum Gasteiger partial charge on any atom is 0.295 e. The molecule has 1 unspecified atom stereocenters. The highest BCUT2D eigenvalue weighted by atomic mass is 32.1. The van der Waals surface area contributed by atoms with Gasteiger partial charge in [0.15, 0.2) is 0 Å². The fourth-order valence-corrected chi connectivity index (χ4v) is 4.94. The number of hydrogen-bond donors (Lipinski definition) is 1. The van der Waals surface area contributed by atoms with Gasteiger partial charge in [-0.2, -0.15) is 5.10 Å². The molecular formula is C25H20N4O3S. The molecule has 1 saturated heterocycles. The van der Waals surface area contributed by atoms with Crippen molar-refractivity contribution in [1.29, 1.82) is 0 Å². The zero-order valence-corrected chi connectivity index (χ0v) is 18.6. The van der Waals surface area contributed by atoms with Crippen molar-refractivity contribution in [3.05, 3.63) is 106 Å². The minimum absolute atomic E-state index is 0.0713. The molecule has 33 heavy (non-hydrogen) atoms. The van der Waals surface area contributed by atoms with Crippen LogP contribution in [0.2, 0.25) is 0 Å². The van der Waals surface area contributed by atoms with E-state index in [2.05, 4.69) is 10.1 Å². The van der Waals surface area contributed by atoms with Crippen LogP contribution in [0.3, 0.4) is 0 Å². The Labute approximate surface area is 194 Å². The molecule has 1 amide bonds. The fraction of sp³-hybridized carbons (Fsp3) is 0.120. The summed E-state index contributed by atoms with van der Waals surface area (Å²) in [6.45, 7) is 2.03. The first kappa shape index (κ1) is 20.8. The summed E-state index contributed by atoms with van der Waals surface area (Å²) in [5, 5.41) is 17.6. The summed E-state index contributed by atoms with van der Waals surface area (Å²) in [6.07, 6.45) is 4.85. The molecule has 7 nitrogen and oxygen atoms in total. The molecule has 1 N–H and O–H groups in total. The van der Waals surface area contributed by atoms with Crippen LogP contribution < -0.4 is 0 Å². The molecule has 1 aliphatic heterocycles. The van der Waals surface area contributed by atoms with E-state index in [1.54, 1.807) is 23.1 Å². The number of carbonyl (C=O) groups is 2. The molecular weight excluding hydrogens is 436 g/mol. The number of likely N-dealkylation sites (tertiary alicyclic amines) is 1. The van der Waals surface area contributed by atoms with Gasteiger partial charge in [-0.05, 0) is 42.1 Å². The fourth-order valence-electron chi connectivity index (χ4n) is 4.09. The Kier molecular flexibility index (Phi) is 5.35. The topological polar surface area (TPSA) is 88.3 Å². The molecule has 0 bridgehead atoms. The molecule has 8 heteroatoms. The monoisotopic (exact) mass is 456 g/mol. The first-order chi connectivity index (χ1) is 16.1. The van der Waals surface area contributed by atoms with Crippen molar-refractivity contribution < 1.29 is 14.7 Å². The van der Waals surface area contributed by atoms with Crippen LogP contribution in [0.5, 0.6) is 0 Å². The molecule has 164 valence electrons. The van der Waals surface area contributed by atoms with Gasteiger partial charge in [-0.3, -0.25) is 14.6 Å². The Bertz CT molecular complexity index is 1350. The van der Waals surface area contributed by atoms with Crippen molar-refractivity contribution in [1.82, 2.24) is 19.7 Å². The van der Waals surface area contributed by atoms with Crippen molar-refractivity contribution in [2.75, 3.05) is 0 Å². The molecule has 3 aromatic heterocycles. The van der Waals surface area contributed by atoms with Gasteiger partial charge in [0.1, 0.15) is 5.76 Å². The number of nitrogens with zero attached hydrogens (tertiary/aromatic N) is 4. The van der Waals surface area contributed by atoms with Gasteiger partial charge in [-0.15, -0.1) is 11.3 Å². The van der Waals surface area contributed by atoms with Gasteiger partial charge in [0.25, 0.3) is 11.7 Å². The highest BCUT2D eigenvalue weighted by Crippen LogP contribution is 2.42. The van der Waals surface area contributed by atoms with E-state index in [0.717, 1.165) is 16.1 Å². The van der Waals surface area contributed by atoms with Crippen LogP contribution in [0.1, 0.15) is 27.7 Å². The van der Waals surface area contributed by atoms with E-state index in [0.29, 0.717) is 11.3 Å². The number of aliphatic hydroxyl groups is 1. The van der Waals surface area contributed by atoms with Crippen LogP contribution in [0, 0.1) is 6.92 Å². The van der Waals surface area contributed by atoms with Crippen LogP contribution in [0.15, 0.2) is 84.1 Å². The molecule has 0 aliphatic carbocycles. The average Bonchev–Trinajstić information content (AvgIpc) is 3.56. The van der Waals surface area contributed by atoms with Gasteiger partial charge >= 0.3 is 0 Å². The molecule has 1 aromatic carbocycles. The lowest BCUT2D eigenvalue weighted by Gasteiger charge is -2.24. The third kappa shape index (κ3) is 3.64. The van der Waals surface area contributed by atoms with E-state index in [9.17, 15) is 14.7 Å². The summed E-state index contributed by atoms with van der Waals surface area (Å²) in [6, 6.07) is 16.2. The Hall–Kier alpha value is -4.04. The van der Waals surface area contributed by atoms with Crippen molar-refractivity contribution in [3.63, 3.8) is 0 Å². The number of thiophene rings is 1. The number of pyridine rings is 1. The number of aromatic nitrogens is 3. The van der Waals surface area contributed by atoms with Crippen molar-refractivity contribution >= 4 is 28.8 Å². The molecule has 1 atom stereocenters. The maximum atomic E-state index is 13.2. The Morgan fingerprint density at radius 3 is 2.58 bits per heavy atom. The lowest BCUT2D eigenvalue weighted by atomic mass is 10.00. The number of para-hydroxylation sites is 1. The van der Waals surface area contributed by atoms with E-state index in [1.807, 2.05) is 60.8 Å². The van der Waals surface area contributed by atoms with Crippen molar-refractivity contribution in [2.45, 2.75) is 19.5 Å². The van der Waals surface area contributed by atoms with Crippen molar-refractivity contribution in [3.8, 4) is 5.69 Å². The third-order valence-electron chi connectivity index (χ3n) is 5.69. The van der Waals surface area contributed by atoms with E-state index >= 15 is 0 Å². The summed E-state index contributed by atoms with van der Waals surface area (Å²) in [7, 11) is 0. The number of aliphatic hydroxyl groups excluding tert-OH is 1. The predicted octanol–water partition coefficient (Wildman–Crippen LogP) is 4.26. The number of hydrogen-bond acceptors (Lipinski definition) is 6. The van der Waals surface area contributed by atoms with Gasteiger partial charge in [0.2, 0.25) is 0 Å². The molecule has 1 fully saturated rings. The highest BCUT2D eigenvalue weighted by Gasteiger charge is 2.46. The summed E-state index contributed by atoms with van der Waals surface area (Å²) < 4.78 is 1.70. The largest absolute Gasteiger partial charge is 0.507 e. The number of carbonyl (C=O) groups excluding carboxylic acids is 2. The summed E-state index contributed by atoms with van der Waals surface area (Å²) in [5.41, 5.74) is 2.79. The number of benzene rings is 1. The van der Waals surface area contributed by atoms with Gasteiger partial charge in [0.05, 0.1) is 34.8 Å². The second-order valence-electron chi connectivity index (χ2n) is 7.69. The zero-order valence-electron chi connectivity index (χ0n) is 17.8. The minimum atomic E-state index is -0.707. The first-order valence-corrected chi connectivity index (χ1v) is 11.3. The molecule has 0 spiro atoms. The number of rotatable bonds is 5. The number of amides is 1. The Balaban J connectivity index is 1.62. The van der Waals surface area contributed by atoms with Crippen LogP contribution >= 0.6 is 11.3 Å². The lowest BCUT2D eigenvalue weighted by Crippen LogP contribution is -2.28. The molecule has 4 aromatic rings. The van der Waals surface area contributed by atoms with Crippen LogP contribution in [-0.4, -0.2) is 36.5 Å². The molecule has 1 aliphatic rings. The van der Waals surface area contributed by atoms with Gasteiger partial charge < -0.3 is 10.0 Å². The van der Waals surface area contributed by atoms with Gasteiger partial charge in [-0.1, -0.05) is 30.3 Å². The standard InChI is InChI=1S/C25H20N4O3S/c1-16-19(14-27-29(16)18-8-3-2-4-9-18)23(30)21-22(20-10-6-12-33-20)28(25(32)24(21)31)15-17-7-5-11-26-13-17/h2-14,22,30H,15H2,1H3/b23-21+. The molecule has 0 saturated carbocycles. The maximum absolute atomic E-state index is 13.2. The summed E-state index contributed by atoms with van der Waals surface area (Å²) in [4.78, 5) is 32.6. The van der Waals surface area contributed by atoms with E-state index in [4.69, 9.17) is 0 Å².